The van der Waals surface area contributed by atoms with Crippen LogP contribution in [0.3, 0.4) is 0 Å². The molecule has 3 heteroatoms. The van der Waals surface area contributed by atoms with Gasteiger partial charge in [0.15, 0.2) is 0 Å². The molecule has 1 aliphatic rings. The van der Waals surface area contributed by atoms with Crippen LogP contribution in [0.1, 0.15) is 13.8 Å². The maximum absolute atomic E-state index is 5.41. The molecule has 0 amide bonds. The maximum atomic E-state index is 5.41. The highest BCUT2D eigenvalue weighted by atomic mass is 79.9. The summed E-state index contributed by atoms with van der Waals surface area (Å²) in [4.78, 5) is 2.38. The number of halogens is 1. The standard InChI is InChI=1S/C9H16BrNO/c1-8(10)6-11-4-5-12-7-9(11,2)3/h1,4-7H2,2-3H3. The molecule has 0 unspecified atom stereocenters. The van der Waals surface area contributed by atoms with Crippen molar-refractivity contribution in [2.24, 2.45) is 0 Å². The monoisotopic (exact) mass is 233 g/mol. The summed E-state index contributed by atoms with van der Waals surface area (Å²) >= 11 is 3.38. The molecule has 1 fully saturated rings. The van der Waals surface area contributed by atoms with Gasteiger partial charge in [-0.05, 0) is 13.8 Å². The van der Waals surface area contributed by atoms with Crippen LogP contribution in [0.2, 0.25) is 0 Å². The molecular formula is C9H16BrNO. The Morgan fingerprint density at radius 3 is 2.83 bits per heavy atom. The van der Waals surface area contributed by atoms with Crippen molar-refractivity contribution < 1.29 is 4.74 Å². The summed E-state index contributed by atoms with van der Waals surface area (Å²) in [7, 11) is 0. The van der Waals surface area contributed by atoms with Gasteiger partial charge < -0.3 is 4.74 Å². The molecule has 0 aliphatic carbocycles. The van der Waals surface area contributed by atoms with E-state index in [9.17, 15) is 0 Å². The Hall–Kier alpha value is 0.140. The van der Waals surface area contributed by atoms with E-state index in [-0.39, 0.29) is 5.54 Å². The number of ether oxygens (including phenoxy) is 1. The fourth-order valence-corrected chi connectivity index (χ4v) is 1.69. The molecule has 1 saturated heterocycles. The van der Waals surface area contributed by atoms with Gasteiger partial charge in [-0.25, -0.2) is 0 Å². The molecule has 12 heavy (non-hydrogen) atoms. The fourth-order valence-electron chi connectivity index (χ4n) is 1.39. The van der Waals surface area contributed by atoms with Crippen molar-refractivity contribution in [2.75, 3.05) is 26.3 Å². The normalized spacial score (nSPS) is 23.9. The van der Waals surface area contributed by atoms with Gasteiger partial charge in [0.05, 0.1) is 13.2 Å². The first-order valence-corrected chi connectivity index (χ1v) is 4.98. The average Bonchev–Trinajstić information content (AvgIpc) is 1.92. The van der Waals surface area contributed by atoms with Crippen molar-refractivity contribution in [2.45, 2.75) is 19.4 Å². The summed E-state index contributed by atoms with van der Waals surface area (Å²) in [5, 5.41) is 0. The third-order valence-electron chi connectivity index (χ3n) is 2.18. The zero-order chi connectivity index (χ0) is 9.19. The van der Waals surface area contributed by atoms with Crippen molar-refractivity contribution in [3.8, 4) is 0 Å². The van der Waals surface area contributed by atoms with Crippen LogP contribution in [0.4, 0.5) is 0 Å². The number of morpholine rings is 1. The van der Waals surface area contributed by atoms with E-state index in [2.05, 4.69) is 41.3 Å². The Kier molecular flexibility index (Phi) is 3.32. The number of hydrogen-bond acceptors (Lipinski definition) is 2. The minimum atomic E-state index is 0.148. The summed E-state index contributed by atoms with van der Waals surface area (Å²) in [6.45, 7) is 11.8. The van der Waals surface area contributed by atoms with Crippen LogP contribution in [-0.2, 0) is 4.74 Å². The van der Waals surface area contributed by atoms with Crippen LogP contribution in [0.15, 0.2) is 11.1 Å². The number of hydrogen-bond donors (Lipinski definition) is 0. The highest BCUT2D eigenvalue weighted by Gasteiger charge is 2.29. The van der Waals surface area contributed by atoms with Gasteiger partial charge in [-0.15, -0.1) is 0 Å². The third kappa shape index (κ3) is 2.57. The molecule has 0 aromatic heterocycles. The van der Waals surface area contributed by atoms with Crippen molar-refractivity contribution in [1.82, 2.24) is 4.90 Å². The molecule has 0 bridgehead atoms. The molecular weight excluding hydrogens is 218 g/mol. The predicted molar refractivity (Wildman–Crippen MR) is 54.5 cm³/mol. The van der Waals surface area contributed by atoms with E-state index in [1.807, 2.05) is 0 Å². The molecule has 0 atom stereocenters. The number of nitrogens with zero attached hydrogens (tertiary/aromatic N) is 1. The van der Waals surface area contributed by atoms with Crippen molar-refractivity contribution >= 4 is 15.9 Å². The van der Waals surface area contributed by atoms with Gasteiger partial charge in [-0.2, -0.15) is 0 Å². The predicted octanol–water partition coefficient (Wildman–Crippen LogP) is 2.01. The van der Waals surface area contributed by atoms with E-state index in [1.54, 1.807) is 0 Å². The lowest BCUT2D eigenvalue weighted by Crippen LogP contribution is -2.53. The molecule has 0 spiro atoms. The quantitative estimate of drug-likeness (QED) is 0.724. The Bertz CT molecular complexity index is 179. The van der Waals surface area contributed by atoms with E-state index in [0.29, 0.717) is 0 Å². The second kappa shape index (κ2) is 3.90. The van der Waals surface area contributed by atoms with E-state index in [4.69, 9.17) is 4.74 Å². The van der Waals surface area contributed by atoms with Gasteiger partial charge >= 0.3 is 0 Å². The van der Waals surface area contributed by atoms with Gasteiger partial charge in [0.25, 0.3) is 0 Å². The lowest BCUT2D eigenvalue weighted by atomic mass is 10.0. The smallest absolute Gasteiger partial charge is 0.0645 e. The Morgan fingerprint density at radius 1 is 1.67 bits per heavy atom. The highest BCUT2D eigenvalue weighted by Crippen LogP contribution is 2.20. The molecule has 0 radical (unpaired) electrons. The molecule has 70 valence electrons. The van der Waals surface area contributed by atoms with Gasteiger partial charge in [0.1, 0.15) is 0 Å². The lowest BCUT2D eigenvalue weighted by molar-refractivity contribution is -0.0453. The minimum Gasteiger partial charge on any atom is -0.378 e. The van der Waals surface area contributed by atoms with Crippen LogP contribution in [-0.4, -0.2) is 36.7 Å². The second-order valence-electron chi connectivity index (χ2n) is 3.80. The van der Waals surface area contributed by atoms with E-state index in [0.717, 1.165) is 30.8 Å². The van der Waals surface area contributed by atoms with Crippen LogP contribution in [0.5, 0.6) is 0 Å². The van der Waals surface area contributed by atoms with Crippen molar-refractivity contribution in [3.63, 3.8) is 0 Å². The number of rotatable bonds is 2. The average molecular weight is 234 g/mol. The third-order valence-corrected chi connectivity index (χ3v) is 2.43. The summed E-state index contributed by atoms with van der Waals surface area (Å²) in [6, 6.07) is 0. The van der Waals surface area contributed by atoms with Gasteiger partial charge in [-0.1, -0.05) is 22.5 Å². The van der Waals surface area contributed by atoms with Crippen LogP contribution in [0.25, 0.3) is 0 Å². The minimum absolute atomic E-state index is 0.148. The first-order chi connectivity index (χ1) is 5.52. The van der Waals surface area contributed by atoms with E-state index >= 15 is 0 Å². The maximum Gasteiger partial charge on any atom is 0.0645 e. The first-order valence-electron chi connectivity index (χ1n) is 4.18. The molecule has 2 nitrogen and oxygen atoms in total. The molecule has 1 heterocycles. The first kappa shape index (κ1) is 10.2. The van der Waals surface area contributed by atoms with Crippen LogP contribution in [0, 0.1) is 0 Å². The molecule has 0 saturated carbocycles. The largest absolute Gasteiger partial charge is 0.378 e. The lowest BCUT2D eigenvalue weighted by Gasteiger charge is -2.41. The van der Waals surface area contributed by atoms with Gasteiger partial charge in [0, 0.05) is 23.1 Å². The van der Waals surface area contributed by atoms with Crippen molar-refractivity contribution in [1.29, 1.82) is 0 Å². The molecule has 0 aromatic rings. The van der Waals surface area contributed by atoms with Crippen LogP contribution >= 0.6 is 15.9 Å². The Morgan fingerprint density at radius 2 is 2.33 bits per heavy atom. The van der Waals surface area contributed by atoms with Crippen molar-refractivity contribution in [3.05, 3.63) is 11.1 Å². The zero-order valence-corrected chi connectivity index (χ0v) is 9.35. The summed E-state index contributed by atoms with van der Waals surface area (Å²) in [5.41, 5.74) is 0.148. The molecule has 1 rings (SSSR count). The van der Waals surface area contributed by atoms with E-state index in [1.165, 1.54) is 0 Å². The van der Waals surface area contributed by atoms with E-state index < -0.39 is 0 Å². The second-order valence-corrected chi connectivity index (χ2v) is 4.93. The molecule has 1 aliphatic heterocycles. The molecule has 0 aromatic carbocycles. The Labute approximate surface area is 82.7 Å². The van der Waals surface area contributed by atoms with Crippen LogP contribution < -0.4 is 0 Å². The SMILES string of the molecule is C=C(Br)CN1CCOCC1(C)C. The zero-order valence-electron chi connectivity index (χ0n) is 7.77. The fraction of sp³-hybridized carbons (Fsp3) is 0.778. The summed E-state index contributed by atoms with van der Waals surface area (Å²) in [6.07, 6.45) is 0. The molecule has 0 N–H and O–H groups in total. The van der Waals surface area contributed by atoms with Gasteiger partial charge in [0.2, 0.25) is 0 Å². The summed E-state index contributed by atoms with van der Waals surface area (Å²) in [5.74, 6) is 0. The highest BCUT2D eigenvalue weighted by molar-refractivity contribution is 9.11. The topological polar surface area (TPSA) is 12.5 Å². The summed E-state index contributed by atoms with van der Waals surface area (Å²) < 4.78 is 6.45. The Balaban J connectivity index is 2.54. The van der Waals surface area contributed by atoms with Gasteiger partial charge in [-0.3, -0.25) is 4.90 Å².